The minimum atomic E-state index is -0.474. The van der Waals surface area contributed by atoms with Crippen molar-refractivity contribution < 1.29 is 19.5 Å². The molecule has 25 heavy (non-hydrogen) atoms. The van der Waals surface area contributed by atoms with E-state index >= 15 is 0 Å². The van der Waals surface area contributed by atoms with Crippen molar-refractivity contribution in [1.29, 1.82) is 0 Å². The quantitative estimate of drug-likeness (QED) is 0.590. The molecule has 6 heteroatoms. The molecule has 0 saturated carbocycles. The zero-order valence-corrected chi connectivity index (χ0v) is 15.7. The molecule has 0 unspecified atom stereocenters. The highest BCUT2D eigenvalue weighted by Gasteiger charge is 2.17. The van der Waals surface area contributed by atoms with Crippen molar-refractivity contribution in [2.75, 3.05) is 18.4 Å². The lowest BCUT2D eigenvalue weighted by atomic mass is 10.1. The van der Waals surface area contributed by atoms with Crippen LogP contribution >= 0.6 is 11.8 Å². The molecule has 0 spiro atoms. The average molecular weight is 361 g/mol. The molecule has 134 valence electrons. The highest BCUT2D eigenvalue weighted by Crippen LogP contribution is 2.29. The number of aryl methyl sites for hydroxylation is 2. The van der Waals surface area contributed by atoms with Gasteiger partial charge in [0.05, 0.1) is 12.8 Å². The number of amides is 1. The molecular weight excluding hydrogens is 338 g/mol. The lowest BCUT2D eigenvalue weighted by Gasteiger charge is -2.19. The molecule has 0 heterocycles. The number of hydroxylamine groups is 1. The topological polar surface area (TPSA) is 59.0 Å². The average Bonchev–Trinajstić information content (AvgIpc) is 2.65. The Hall–Kier alpha value is -2.18. The van der Waals surface area contributed by atoms with Gasteiger partial charge in [-0.3, -0.25) is 10.0 Å². The van der Waals surface area contributed by atoms with Crippen LogP contribution in [0, 0.1) is 6.92 Å². The monoisotopic (exact) mass is 361 g/mol. The smallest absolute Gasteiger partial charge is 0.309 e. The Morgan fingerprint density at radius 2 is 2.00 bits per heavy atom. The van der Waals surface area contributed by atoms with E-state index in [1.165, 1.54) is 12.7 Å². The maximum Gasteiger partial charge on any atom is 0.309 e. The first kappa shape index (κ1) is 19.1. The van der Waals surface area contributed by atoms with Gasteiger partial charge in [-0.2, -0.15) is 5.06 Å². The number of hydrogen-bond acceptors (Lipinski definition) is 5. The van der Waals surface area contributed by atoms with Crippen LogP contribution < -0.4 is 14.5 Å². The summed E-state index contributed by atoms with van der Waals surface area (Å²) < 4.78 is 11.1. The van der Waals surface area contributed by atoms with Crippen molar-refractivity contribution >= 4 is 22.7 Å². The van der Waals surface area contributed by atoms with Gasteiger partial charge in [-0.05, 0) is 48.9 Å². The van der Waals surface area contributed by atoms with Crippen LogP contribution in [0.3, 0.4) is 0 Å². The van der Waals surface area contributed by atoms with E-state index in [-0.39, 0.29) is 6.61 Å². The molecule has 5 nitrogen and oxygen atoms in total. The van der Waals surface area contributed by atoms with Crippen molar-refractivity contribution in [3.05, 3.63) is 53.1 Å². The molecule has 0 aliphatic rings. The van der Waals surface area contributed by atoms with Crippen LogP contribution in [-0.2, 0) is 13.0 Å². The Kier molecular flexibility index (Phi) is 6.73. The van der Waals surface area contributed by atoms with Crippen molar-refractivity contribution in [2.24, 2.45) is 0 Å². The number of ether oxygens (including phenoxy) is 2. The predicted octanol–water partition coefficient (Wildman–Crippen LogP) is 4.82. The molecule has 0 atom stereocenters. The lowest BCUT2D eigenvalue weighted by molar-refractivity contribution is 0.223. The Bertz CT molecular complexity index is 748. The van der Waals surface area contributed by atoms with E-state index in [1.54, 1.807) is 24.5 Å². The van der Waals surface area contributed by atoms with Crippen LogP contribution in [0.1, 0.15) is 23.6 Å². The third kappa shape index (κ3) is 4.67. The van der Waals surface area contributed by atoms with Gasteiger partial charge in [-0.15, -0.1) is 0 Å². The highest BCUT2D eigenvalue weighted by atomic mass is 32.2. The van der Waals surface area contributed by atoms with Gasteiger partial charge in [-0.1, -0.05) is 30.8 Å². The summed E-state index contributed by atoms with van der Waals surface area (Å²) in [5.74, 6) is 1.33. The fraction of sp³-hybridized carbons (Fsp3) is 0.316. The molecule has 0 aliphatic carbocycles. The number of carbonyl (C=O) groups excluding carboxylic acids is 1. The molecule has 0 aliphatic heterocycles. The molecule has 0 radical (unpaired) electrons. The molecule has 0 bridgehead atoms. The second-order valence-electron chi connectivity index (χ2n) is 5.52. The zero-order valence-electron chi connectivity index (χ0n) is 14.9. The van der Waals surface area contributed by atoms with E-state index in [2.05, 4.69) is 13.0 Å². The zero-order chi connectivity index (χ0) is 18.4. The predicted molar refractivity (Wildman–Crippen MR) is 101 cm³/mol. The molecule has 2 aromatic rings. The van der Waals surface area contributed by atoms with E-state index in [0.717, 1.165) is 29.5 Å². The van der Waals surface area contributed by atoms with Crippen molar-refractivity contribution in [2.45, 2.75) is 26.9 Å². The highest BCUT2D eigenvalue weighted by molar-refractivity contribution is 8.13. The molecule has 2 rings (SSSR count). The molecule has 0 fully saturated rings. The number of anilines is 1. The summed E-state index contributed by atoms with van der Waals surface area (Å²) in [6.45, 7) is 4.33. The normalized spacial score (nSPS) is 10.4. The number of methoxy groups -OCH3 is 1. The largest absolute Gasteiger partial charge is 0.497 e. The van der Waals surface area contributed by atoms with Gasteiger partial charge in [-0.25, -0.2) is 0 Å². The number of thioether (sulfide) groups is 1. The summed E-state index contributed by atoms with van der Waals surface area (Å²) >= 11 is 0.926. The summed E-state index contributed by atoms with van der Waals surface area (Å²) in [5, 5.41) is 10.3. The number of carbonyl (C=O) groups is 1. The van der Waals surface area contributed by atoms with Gasteiger partial charge in [0.1, 0.15) is 18.1 Å². The van der Waals surface area contributed by atoms with Crippen molar-refractivity contribution in [3.8, 4) is 11.5 Å². The van der Waals surface area contributed by atoms with E-state index in [1.807, 2.05) is 19.1 Å². The maximum atomic E-state index is 11.8. The molecule has 1 N–H and O–H groups in total. The fourth-order valence-corrected chi connectivity index (χ4v) is 2.69. The lowest BCUT2D eigenvalue weighted by Crippen LogP contribution is -2.24. The second-order valence-corrected chi connectivity index (χ2v) is 6.28. The standard InChI is InChI=1S/C19H23NO4S/c1-5-14-6-9-18(13(2)10-14)24-12-15-7-8-16(23-3)11-17(15)20(22)19(21)25-4/h6-11,22H,5,12H2,1-4H3. The summed E-state index contributed by atoms with van der Waals surface area (Å²) in [6.07, 6.45) is 2.58. The van der Waals surface area contributed by atoms with Crippen molar-refractivity contribution in [1.82, 2.24) is 0 Å². The van der Waals surface area contributed by atoms with Gasteiger partial charge in [0.2, 0.25) is 0 Å². The van der Waals surface area contributed by atoms with Crippen LogP contribution in [-0.4, -0.2) is 23.8 Å². The third-order valence-electron chi connectivity index (χ3n) is 3.90. The van der Waals surface area contributed by atoms with Crippen LogP contribution in [0.25, 0.3) is 0 Å². The van der Waals surface area contributed by atoms with Gasteiger partial charge >= 0.3 is 5.24 Å². The third-order valence-corrected chi connectivity index (χ3v) is 4.42. The minimum absolute atomic E-state index is 0.227. The molecular formula is C19H23NO4S. The van der Waals surface area contributed by atoms with E-state index < -0.39 is 5.24 Å². The Morgan fingerprint density at radius 1 is 1.24 bits per heavy atom. The van der Waals surface area contributed by atoms with Crippen LogP contribution in [0.2, 0.25) is 0 Å². The summed E-state index contributed by atoms with van der Waals surface area (Å²) in [5.41, 5.74) is 3.34. The molecule has 0 aromatic heterocycles. The Labute approximate surface area is 152 Å². The molecule has 0 saturated heterocycles. The van der Waals surface area contributed by atoms with Gasteiger partial charge in [0, 0.05) is 11.6 Å². The van der Waals surface area contributed by atoms with Crippen molar-refractivity contribution in [3.63, 3.8) is 0 Å². The minimum Gasteiger partial charge on any atom is -0.497 e. The summed E-state index contributed by atoms with van der Waals surface area (Å²) in [7, 11) is 1.53. The second kappa shape index (κ2) is 8.78. The van der Waals surface area contributed by atoms with Gasteiger partial charge < -0.3 is 9.47 Å². The van der Waals surface area contributed by atoms with E-state index in [4.69, 9.17) is 9.47 Å². The van der Waals surface area contributed by atoms with Crippen LogP contribution in [0.4, 0.5) is 10.5 Å². The van der Waals surface area contributed by atoms with Crippen LogP contribution in [0.15, 0.2) is 36.4 Å². The van der Waals surface area contributed by atoms with E-state index in [0.29, 0.717) is 22.1 Å². The molecule has 1 amide bonds. The first-order valence-electron chi connectivity index (χ1n) is 7.96. The number of hydrogen-bond donors (Lipinski definition) is 1. The van der Waals surface area contributed by atoms with Gasteiger partial charge in [0.15, 0.2) is 0 Å². The fourth-order valence-electron chi connectivity index (χ4n) is 2.42. The molecule has 2 aromatic carbocycles. The summed E-state index contributed by atoms with van der Waals surface area (Å²) in [4.78, 5) is 11.8. The number of benzene rings is 2. The van der Waals surface area contributed by atoms with E-state index in [9.17, 15) is 10.0 Å². The van der Waals surface area contributed by atoms with Gasteiger partial charge in [0.25, 0.3) is 0 Å². The first-order valence-corrected chi connectivity index (χ1v) is 9.18. The van der Waals surface area contributed by atoms with Crippen LogP contribution in [0.5, 0.6) is 11.5 Å². The maximum absolute atomic E-state index is 11.8. The number of rotatable bonds is 6. The summed E-state index contributed by atoms with van der Waals surface area (Å²) in [6, 6.07) is 11.2. The first-order chi connectivity index (χ1) is 12.0. The Balaban J connectivity index is 2.25. The Morgan fingerprint density at radius 3 is 2.60 bits per heavy atom. The SMILES string of the molecule is CCc1ccc(OCc2ccc(OC)cc2N(O)C(=O)SC)c(C)c1. The number of nitrogens with zero attached hydrogens (tertiary/aromatic N) is 1.